The smallest absolute Gasteiger partial charge is 0.201 e. The normalized spacial score (nSPS) is 9.75. The number of hydrogen-bond acceptors (Lipinski definition) is 3. The first-order chi connectivity index (χ1) is 7.58. The minimum absolute atomic E-state index is 0.179. The Hall–Kier alpha value is -1.56. The number of aromatic nitrogens is 3. The maximum atomic E-state index is 12.8. The van der Waals surface area contributed by atoms with E-state index in [2.05, 4.69) is 9.97 Å². The fourth-order valence-electron chi connectivity index (χ4n) is 1.16. The first kappa shape index (κ1) is 12.5. The number of H-pyrrole nitrogens is 1. The fourth-order valence-corrected chi connectivity index (χ4v) is 1.31. The summed E-state index contributed by atoms with van der Waals surface area (Å²) in [6, 6.07) is 0.882. The van der Waals surface area contributed by atoms with Gasteiger partial charge in [-0.15, -0.1) is 0 Å². The molecule has 2 rings (SSSR count). The maximum absolute atomic E-state index is 12.8. The number of rotatable bonds is 0. The first-order valence-corrected chi connectivity index (χ1v) is 5.25. The highest BCUT2D eigenvalue weighted by Gasteiger charge is 2.03. The van der Waals surface area contributed by atoms with E-state index in [1.165, 1.54) is 10.8 Å². The molecule has 0 bridgehead atoms. The minimum Gasteiger partial charge on any atom is -0.326 e. The molecule has 4 nitrogen and oxygen atoms in total. The van der Waals surface area contributed by atoms with Crippen LogP contribution in [0.1, 0.15) is 13.8 Å². The lowest BCUT2D eigenvalue weighted by atomic mass is 10.3. The molecule has 0 aliphatic carbocycles. The van der Waals surface area contributed by atoms with E-state index in [9.17, 15) is 9.18 Å². The summed E-state index contributed by atoms with van der Waals surface area (Å²) in [5.74, 6) is -0.710. The molecule has 0 aliphatic rings. The predicted octanol–water partition coefficient (Wildman–Crippen LogP) is 2.16. The Morgan fingerprint density at radius 1 is 1.50 bits per heavy atom. The highest BCUT2D eigenvalue weighted by molar-refractivity contribution is 7.71. The van der Waals surface area contributed by atoms with E-state index in [1.54, 1.807) is 7.05 Å². The van der Waals surface area contributed by atoms with Crippen LogP contribution in [-0.2, 0) is 7.05 Å². The molecule has 0 atom stereocenters. The summed E-state index contributed by atoms with van der Waals surface area (Å²) in [4.78, 5) is 17.5. The third-order valence-electron chi connectivity index (χ3n) is 1.85. The molecule has 2 aromatic heterocycles. The van der Waals surface area contributed by atoms with Gasteiger partial charge < -0.3 is 9.55 Å². The van der Waals surface area contributed by atoms with E-state index < -0.39 is 11.4 Å². The topological polar surface area (TPSA) is 50.7 Å². The minimum atomic E-state index is -0.710. The molecule has 0 spiro atoms. The van der Waals surface area contributed by atoms with Gasteiger partial charge in [0.15, 0.2) is 11.4 Å². The lowest BCUT2D eigenvalue weighted by molar-refractivity contribution is 0.586. The Labute approximate surface area is 96.8 Å². The van der Waals surface area contributed by atoms with Gasteiger partial charge >= 0.3 is 0 Å². The molecule has 86 valence electrons. The van der Waals surface area contributed by atoms with Crippen LogP contribution in [0.25, 0.3) is 11.0 Å². The highest BCUT2D eigenvalue weighted by atomic mass is 32.1. The Balaban J connectivity index is 0.000000606. The van der Waals surface area contributed by atoms with E-state index in [0.29, 0.717) is 10.2 Å². The van der Waals surface area contributed by atoms with Crippen LogP contribution >= 0.6 is 12.2 Å². The molecular formula is C10H12FN3OS. The molecule has 0 saturated carbocycles. The maximum Gasteiger partial charge on any atom is 0.201 e. The van der Waals surface area contributed by atoms with Crippen LogP contribution in [0.4, 0.5) is 4.39 Å². The number of nitrogens with one attached hydrogen (secondary N) is 1. The zero-order chi connectivity index (χ0) is 12.3. The third kappa shape index (κ3) is 2.33. The number of fused-ring (bicyclic) bond motifs is 1. The SMILES string of the molecule is CC.Cn1cc2c(=O)cc(F)[nH]c2nc1=S. The van der Waals surface area contributed by atoms with Crippen LogP contribution in [0.15, 0.2) is 17.1 Å². The first-order valence-electron chi connectivity index (χ1n) is 4.84. The van der Waals surface area contributed by atoms with Crippen LogP contribution in [0.2, 0.25) is 0 Å². The van der Waals surface area contributed by atoms with Gasteiger partial charge in [0.05, 0.1) is 5.39 Å². The summed E-state index contributed by atoms with van der Waals surface area (Å²) in [6.07, 6.45) is 1.53. The summed E-state index contributed by atoms with van der Waals surface area (Å²) in [5, 5.41) is 0.322. The summed E-state index contributed by atoms with van der Waals surface area (Å²) in [7, 11) is 1.68. The molecule has 16 heavy (non-hydrogen) atoms. The predicted molar refractivity (Wildman–Crippen MR) is 63.5 cm³/mol. The molecule has 0 unspecified atom stereocenters. The summed E-state index contributed by atoms with van der Waals surface area (Å²) in [5.41, 5.74) is -0.229. The van der Waals surface area contributed by atoms with E-state index in [-0.39, 0.29) is 5.65 Å². The molecule has 2 heterocycles. The number of pyridine rings is 1. The van der Waals surface area contributed by atoms with Gasteiger partial charge in [-0.3, -0.25) is 4.79 Å². The zero-order valence-electron chi connectivity index (χ0n) is 9.24. The van der Waals surface area contributed by atoms with Crippen molar-refractivity contribution in [2.75, 3.05) is 0 Å². The van der Waals surface area contributed by atoms with Gasteiger partial charge in [-0.25, -0.2) is 4.98 Å². The molecule has 0 aliphatic heterocycles. The van der Waals surface area contributed by atoms with Gasteiger partial charge in [-0.05, 0) is 12.2 Å². The van der Waals surface area contributed by atoms with Crippen LogP contribution in [0, 0.1) is 10.7 Å². The second-order valence-electron chi connectivity index (χ2n) is 2.88. The van der Waals surface area contributed by atoms with Gasteiger partial charge in [-0.1, -0.05) is 13.8 Å². The molecule has 2 aromatic rings. The number of aryl methyl sites for hydroxylation is 1. The van der Waals surface area contributed by atoms with Gasteiger partial charge in [0.2, 0.25) is 4.77 Å². The Bertz CT molecular complexity index is 617. The van der Waals surface area contributed by atoms with Crippen molar-refractivity contribution in [3.05, 3.63) is 33.2 Å². The largest absolute Gasteiger partial charge is 0.326 e. The van der Waals surface area contributed by atoms with Crippen LogP contribution in [-0.4, -0.2) is 14.5 Å². The number of halogens is 1. The van der Waals surface area contributed by atoms with Crippen molar-refractivity contribution in [2.45, 2.75) is 13.8 Å². The van der Waals surface area contributed by atoms with E-state index >= 15 is 0 Å². The number of nitrogens with zero attached hydrogens (tertiary/aromatic N) is 2. The Morgan fingerprint density at radius 2 is 2.12 bits per heavy atom. The van der Waals surface area contributed by atoms with Crippen LogP contribution in [0.5, 0.6) is 0 Å². The van der Waals surface area contributed by atoms with E-state index in [0.717, 1.165) is 6.07 Å². The van der Waals surface area contributed by atoms with Gasteiger partial charge in [0, 0.05) is 19.3 Å². The molecular weight excluding hydrogens is 229 g/mol. The number of aromatic amines is 1. The molecule has 6 heteroatoms. The lowest BCUT2D eigenvalue weighted by Gasteiger charge is -2.00. The number of hydrogen-bond donors (Lipinski definition) is 1. The van der Waals surface area contributed by atoms with Crippen molar-refractivity contribution in [1.82, 2.24) is 14.5 Å². The second-order valence-corrected chi connectivity index (χ2v) is 3.24. The summed E-state index contributed by atoms with van der Waals surface area (Å²) in [6.45, 7) is 4.00. The Kier molecular flexibility index (Phi) is 3.89. The summed E-state index contributed by atoms with van der Waals surface area (Å²) < 4.78 is 14.6. The van der Waals surface area contributed by atoms with Crippen molar-refractivity contribution >= 4 is 23.3 Å². The molecule has 0 aromatic carbocycles. The van der Waals surface area contributed by atoms with Gasteiger partial charge in [0.1, 0.15) is 5.65 Å². The third-order valence-corrected chi connectivity index (χ3v) is 2.23. The van der Waals surface area contributed by atoms with Gasteiger partial charge in [-0.2, -0.15) is 4.39 Å². The van der Waals surface area contributed by atoms with Crippen molar-refractivity contribution in [3.63, 3.8) is 0 Å². The average molecular weight is 241 g/mol. The second kappa shape index (κ2) is 4.98. The van der Waals surface area contributed by atoms with E-state index in [1.807, 2.05) is 13.8 Å². The Morgan fingerprint density at radius 3 is 2.75 bits per heavy atom. The standard InChI is InChI=1S/C8H6FN3OS.C2H6/c1-12-3-4-5(13)2-6(9)10-7(4)11-8(12)14;1-2/h2-3H,1H3,(H,10,11,14);1-2H3. The molecule has 1 N–H and O–H groups in total. The van der Waals surface area contributed by atoms with Crippen molar-refractivity contribution in [1.29, 1.82) is 0 Å². The van der Waals surface area contributed by atoms with Crippen molar-refractivity contribution in [2.24, 2.45) is 7.05 Å². The zero-order valence-corrected chi connectivity index (χ0v) is 10.1. The van der Waals surface area contributed by atoms with Crippen LogP contribution < -0.4 is 5.43 Å². The fraction of sp³-hybridized carbons (Fsp3) is 0.300. The quantitative estimate of drug-likeness (QED) is 0.568. The van der Waals surface area contributed by atoms with Crippen LogP contribution in [0.3, 0.4) is 0 Å². The lowest BCUT2D eigenvalue weighted by Crippen LogP contribution is -2.08. The monoisotopic (exact) mass is 241 g/mol. The molecule has 0 amide bonds. The van der Waals surface area contributed by atoms with Gasteiger partial charge in [0.25, 0.3) is 0 Å². The van der Waals surface area contributed by atoms with Crippen molar-refractivity contribution < 1.29 is 4.39 Å². The molecule has 0 radical (unpaired) electrons. The summed E-state index contributed by atoms with van der Waals surface area (Å²) >= 11 is 4.87. The molecule has 0 fully saturated rings. The van der Waals surface area contributed by atoms with E-state index in [4.69, 9.17) is 12.2 Å². The molecule has 0 saturated heterocycles. The van der Waals surface area contributed by atoms with Crippen molar-refractivity contribution in [3.8, 4) is 0 Å². The highest BCUT2D eigenvalue weighted by Crippen LogP contribution is 2.03. The average Bonchev–Trinajstić information content (AvgIpc) is 2.24.